The lowest BCUT2D eigenvalue weighted by Crippen LogP contribution is -2.18. The summed E-state index contributed by atoms with van der Waals surface area (Å²) in [5.74, 6) is 1.01. The summed E-state index contributed by atoms with van der Waals surface area (Å²) in [7, 11) is 3.14. The summed E-state index contributed by atoms with van der Waals surface area (Å²) in [6.45, 7) is 0.300. The van der Waals surface area contributed by atoms with Gasteiger partial charge >= 0.3 is 0 Å². The SMILES string of the molecule is COc1cccc(COCC(=O)Nc2ccc(OC)nc2)c1. The van der Waals surface area contributed by atoms with Crippen molar-refractivity contribution < 1.29 is 19.0 Å². The number of hydrogen-bond acceptors (Lipinski definition) is 5. The molecule has 1 aromatic heterocycles. The molecule has 1 amide bonds. The summed E-state index contributed by atoms with van der Waals surface area (Å²) in [5.41, 5.74) is 1.54. The van der Waals surface area contributed by atoms with Crippen LogP contribution in [0.4, 0.5) is 5.69 Å². The molecule has 0 saturated heterocycles. The van der Waals surface area contributed by atoms with Crippen molar-refractivity contribution in [3.63, 3.8) is 0 Å². The van der Waals surface area contributed by atoms with Crippen molar-refractivity contribution >= 4 is 11.6 Å². The molecule has 0 aliphatic heterocycles. The molecule has 0 radical (unpaired) electrons. The summed E-state index contributed by atoms with van der Waals surface area (Å²) in [6, 6.07) is 10.9. The van der Waals surface area contributed by atoms with E-state index in [1.165, 1.54) is 13.3 Å². The van der Waals surface area contributed by atoms with E-state index in [9.17, 15) is 4.79 Å². The second kappa shape index (κ2) is 7.99. The fourth-order valence-electron chi connectivity index (χ4n) is 1.80. The number of methoxy groups -OCH3 is 2. The Labute approximate surface area is 129 Å². The summed E-state index contributed by atoms with van der Waals surface area (Å²) >= 11 is 0. The Bertz CT molecular complexity index is 614. The van der Waals surface area contributed by atoms with E-state index in [1.54, 1.807) is 19.2 Å². The molecular weight excluding hydrogens is 284 g/mol. The molecule has 0 saturated carbocycles. The topological polar surface area (TPSA) is 69.7 Å². The van der Waals surface area contributed by atoms with E-state index in [4.69, 9.17) is 14.2 Å². The molecule has 1 N–H and O–H groups in total. The molecular formula is C16H18N2O4. The molecule has 0 fully saturated rings. The maximum Gasteiger partial charge on any atom is 0.250 e. The van der Waals surface area contributed by atoms with Crippen LogP contribution in [0.2, 0.25) is 0 Å². The van der Waals surface area contributed by atoms with Crippen LogP contribution in [0.25, 0.3) is 0 Å². The molecule has 2 aromatic rings. The Balaban J connectivity index is 1.77. The molecule has 0 spiro atoms. The molecule has 6 heteroatoms. The zero-order chi connectivity index (χ0) is 15.8. The van der Waals surface area contributed by atoms with Gasteiger partial charge in [0.25, 0.3) is 0 Å². The highest BCUT2D eigenvalue weighted by Crippen LogP contribution is 2.13. The van der Waals surface area contributed by atoms with E-state index in [2.05, 4.69) is 10.3 Å². The standard InChI is InChI=1S/C16H18N2O4/c1-20-14-5-3-4-12(8-14)10-22-11-15(19)18-13-6-7-16(21-2)17-9-13/h3-9H,10-11H2,1-2H3,(H,18,19). The predicted molar refractivity (Wildman–Crippen MR) is 82.1 cm³/mol. The third kappa shape index (κ3) is 4.75. The lowest BCUT2D eigenvalue weighted by molar-refractivity contribution is -0.121. The van der Waals surface area contributed by atoms with Gasteiger partial charge in [-0.05, 0) is 23.8 Å². The van der Waals surface area contributed by atoms with Crippen LogP contribution >= 0.6 is 0 Å². The van der Waals surface area contributed by atoms with Crippen LogP contribution in [0, 0.1) is 0 Å². The van der Waals surface area contributed by atoms with E-state index >= 15 is 0 Å². The van der Waals surface area contributed by atoms with Crippen molar-refractivity contribution in [2.24, 2.45) is 0 Å². The molecule has 6 nitrogen and oxygen atoms in total. The summed E-state index contributed by atoms with van der Waals surface area (Å²) in [6.07, 6.45) is 1.53. The monoisotopic (exact) mass is 302 g/mol. The molecule has 1 aromatic carbocycles. The highest BCUT2D eigenvalue weighted by Gasteiger charge is 2.04. The van der Waals surface area contributed by atoms with Crippen molar-refractivity contribution in [2.45, 2.75) is 6.61 Å². The van der Waals surface area contributed by atoms with Gasteiger partial charge in [-0.2, -0.15) is 0 Å². The number of carbonyl (C=O) groups is 1. The van der Waals surface area contributed by atoms with E-state index in [-0.39, 0.29) is 12.5 Å². The van der Waals surface area contributed by atoms with Crippen molar-refractivity contribution in [3.8, 4) is 11.6 Å². The Morgan fingerprint density at radius 1 is 1.18 bits per heavy atom. The number of nitrogens with zero attached hydrogens (tertiary/aromatic N) is 1. The van der Waals surface area contributed by atoms with Crippen molar-refractivity contribution in [3.05, 3.63) is 48.2 Å². The number of amides is 1. The van der Waals surface area contributed by atoms with Gasteiger partial charge in [-0.25, -0.2) is 4.98 Å². The average Bonchev–Trinajstić information content (AvgIpc) is 2.56. The largest absolute Gasteiger partial charge is 0.497 e. The van der Waals surface area contributed by atoms with Crippen LogP contribution in [0.1, 0.15) is 5.56 Å². The molecule has 2 rings (SSSR count). The first-order chi connectivity index (χ1) is 10.7. The van der Waals surface area contributed by atoms with E-state index in [1.807, 2.05) is 24.3 Å². The number of benzene rings is 1. The molecule has 0 unspecified atom stereocenters. The number of anilines is 1. The Morgan fingerprint density at radius 3 is 2.73 bits per heavy atom. The zero-order valence-corrected chi connectivity index (χ0v) is 12.5. The van der Waals surface area contributed by atoms with Gasteiger partial charge < -0.3 is 19.5 Å². The van der Waals surface area contributed by atoms with Crippen molar-refractivity contribution in [2.75, 3.05) is 26.1 Å². The zero-order valence-electron chi connectivity index (χ0n) is 12.5. The minimum atomic E-state index is -0.241. The maximum atomic E-state index is 11.8. The smallest absolute Gasteiger partial charge is 0.250 e. The first-order valence-corrected chi connectivity index (χ1v) is 6.72. The van der Waals surface area contributed by atoms with E-state index in [0.29, 0.717) is 18.2 Å². The summed E-state index contributed by atoms with van der Waals surface area (Å²) < 4.78 is 15.5. The predicted octanol–water partition coefficient (Wildman–Crippen LogP) is 2.25. The quantitative estimate of drug-likeness (QED) is 0.849. The second-order valence-corrected chi connectivity index (χ2v) is 4.48. The fourth-order valence-corrected chi connectivity index (χ4v) is 1.80. The Hall–Kier alpha value is -2.60. The lowest BCUT2D eigenvalue weighted by Gasteiger charge is -2.07. The minimum absolute atomic E-state index is 0.0385. The van der Waals surface area contributed by atoms with Crippen LogP contribution in [-0.2, 0) is 16.1 Å². The fraction of sp³-hybridized carbons (Fsp3) is 0.250. The lowest BCUT2D eigenvalue weighted by atomic mass is 10.2. The van der Waals surface area contributed by atoms with Gasteiger partial charge in [0, 0.05) is 6.07 Å². The van der Waals surface area contributed by atoms with Gasteiger partial charge in [0.05, 0.1) is 32.7 Å². The number of ether oxygens (including phenoxy) is 3. The van der Waals surface area contributed by atoms with Crippen LogP contribution in [-0.4, -0.2) is 31.7 Å². The normalized spacial score (nSPS) is 10.1. The van der Waals surface area contributed by atoms with Gasteiger partial charge in [0.15, 0.2) is 0 Å². The first-order valence-electron chi connectivity index (χ1n) is 6.72. The Kier molecular flexibility index (Phi) is 5.73. The van der Waals surface area contributed by atoms with Gasteiger partial charge in [0.1, 0.15) is 12.4 Å². The highest BCUT2D eigenvalue weighted by molar-refractivity contribution is 5.91. The van der Waals surface area contributed by atoms with Crippen LogP contribution in [0.15, 0.2) is 42.6 Å². The molecule has 0 aliphatic carbocycles. The third-order valence-corrected chi connectivity index (χ3v) is 2.87. The number of hydrogen-bond donors (Lipinski definition) is 1. The first kappa shape index (κ1) is 15.8. The number of aromatic nitrogens is 1. The molecule has 0 aliphatic rings. The second-order valence-electron chi connectivity index (χ2n) is 4.48. The number of rotatable bonds is 7. The number of pyridine rings is 1. The third-order valence-electron chi connectivity index (χ3n) is 2.87. The van der Waals surface area contributed by atoms with E-state index in [0.717, 1.165) is 11.3 Å². The van der Waals surface area contributed by atoms with Crippen LogP contribution < -0.4 is 14.8 Å². The minimum Gasteiger partial charge on any atom is -0.497 e. The highest BCUT2D eigenvalue weighted by atomic mass is 16.5. The Morgan fingerprint density at radius 2 is 2.05 bits per heavy atom. The van der Waals surface area contributed by atoms with Crippen LogP contribution in [0.3, 0.4) is 0 Å². The summed E-state index contributed by atoms with van der Waals surface area (Å²) in [4.78, 5) is 15.8. The van der Waals surface area contributed by atoms with Gasteiger partial charge in [-0.3, -0.25) is 4.79 Å². The maximum absolute atomic E-state index is 11.8. The number of nitrogens with one attached hydrogen (secondary N) is 1. The average molecular weight is 302 g/mol. The van der Waals surface area contributed by atoms with E-state index < -0.39 is 0 Å². The van der Waals surface area contributed by atoms with Gasteiger partial charge in [0.2, 0.25) is 11.8 Å². The molecule has 22 heavy (non-hydrogen) atoms. The van der Waals surface area contributed by atoms with Crippen LogP contribution in [0.5, 0.6) is 11.6 Å². The summed E-state index contributed by atoms with van der Waals surface area (Å²) in [5, 5.41) is 2.70. The molecule has 1 heterocycles. The number of carbonyl (C=O) groups excluding carboxylic acids is 1. The molecule has 0 bridgehead atoms. The molecule has 116 valence electrons. The van der Waals surface area contributed by atoms with Gasteiger partial charge in [-0.15, -0.1) is 0 Å². The molecule has 0 atom stereocenters. The van der Waals surface area contributed by atoms with Crippen molar-refractivity contribution in [1.29, 1.82) is 0 Å². The van der Waals surface area contributed by atoms with Crippen molar-refractivity contribution in [1.82, 2.24) is 4.98 Å². The van der Waals surface area contributed by atoms with Gasteiger partial charge in [-0.1, -0.05) is 12.1 Å².